The predicted molar refractivity (Wildman–Crippen MR) is 64.4 cm³/mol. The van der Waals surface area contributed by atoms with Gasteiger partial charge in [0.1, 0.15) is 12.3 Å². The molecular formula is C9H9N2NaO5S. The van der Waals surface area contributed by atoms with Crippen molar-refractivity contribution in [2.45, 2.75) is 4.90 Å². The Kier molecular flexibility index (Phi) is 4.88. The van der Waals surface area contributed by atoms with E-state index in [2.05, 4.69) is 10.5 Å². The number of ether oxygens (including phenoxy) is 1. The van der Waals surface area contributed by atoms with Crippen LogP contribution in [0.4, 0.5) is 4.79 Å². The van der Waals surface area contributed by atoms with Crippen molar-refractivity contribution in [1.82, 2.24) is 5.43 Å². The first-order chi connectivity index (χ1) is 7.97. The number of nitrogens with zero attached hydrogens (tertiary/aromatic N) is 1. The van der Waals surface area contributed by atoms with Gasteiger partial charge in [-0.05, 0) is 12.1 Å². The summed E-state index contributed by atoms with van der Waals surface area (Å²) in [7, 11) is -4.20. The van der Waals surface area contributed by atoms with Gasteiger partial charge in [-0.1, -0.05) is 12.1 Å². The molecule has 0 bridgehead atoms. The molecule has 0 aromatic heterocycles. The third-order valence-electron chi connectivity index (χ3n) is 2.11. The molecule has 1 aromatic rings. The summed E-state index contributed by atoms with van der Waals surface area (Å²) in [6.45, 7) is 0.0110. The van der Waals surface area contributed by atoms with Crippen LogP contribution in [0.5, 0.6) is 0 Å². The second-order valence-electron chi connectivity index (χ2n) is 3.25. The van der Waals surface area contributed by atoms with Crippen molar-refractivity contribution >= 4 is 51.5 Å². The standard InChI is InChI=1S/C9H8N2O5S.Na.H/c12-9-11-10-8(5-16-9)6-1-3-7(4-2-6)17(13,14)15;;/h1-4H,5H2,(H,11,12)(H,13,14,15);;. The van der Waals surface area contributed by atoms with Crippen LogP contribution in [-0.4, -0.2) is 60.9 Å². The summed E-state index contributed by atoms with van der Waals surface area (Å²) in [5.41, 5.74) is 3.19. The zero-order valence-electron chi connectivity index (χ0n) is 8.45. The fourth-order valence-electron chi connectivity index (χ4n) is 1.28. The number of carbonyl (C=O) groups is 1. The maximum atomic E-state index is 10.8. The molecule has 0 spiro atoms. The molecule has 1 aliphatic heterocycles. The van der Waals surface area contributed by atoms with E-state index in [9.17, 15) is 13.2 Å². The molecule has 9 heteroatoms. The summed E-state index contributed by atoms with van der Waals surface area (Å²) in [6.07, 6.45) is -0.636. The average molecular weight is 280 g/mol. The van der Waals surface area contributed by atoms with Crippen LogP contribution >= 0.6 is 0 Å². The molecule has 1 heterocycles. The summed E-state index contributed by atoms with van der Waals surface area (Å²) in [4.78, 5) is 10.5. The van der Waals surface area contributed by atoms with Crippen molar-refractivity contribution in [3.8, 4) is 0 Å². The number of benzene rings is 1. The number of carbonyl (C=O) groups excluding carboxylic acids is 1. The van der Waals surface area contributed by atoms with Crippen molar-refractivity contribution in [2.24, 2.45) is 5.10 Å². The van der Waals surface area contributed by atoms with Gasteiger partial charge in [-0.3, -0.25) is 4.55 Å². The molecule has 0 aliphatic carbocycles. The van der Waals surface area contributed by atoms with E-state index in [1.165, 1.54) is 24.3 Å². The first-order valence-electron chi connectivity index (χ1n) is 4.54. The van der Waals surface area contributed by atoms with Crippen LogP contribution in [0.3, 0.4) is 0 Å². The molecule has 1 aliphatic rings. The van der Waals surface area contributed by atoms with Gasteiger partial charge in [-0.15, -0.1) is 0 Å². The number of hydrogen-bond acceptors (Lipinski definition) is 5. The molecule has 18 heavy (non-hydrogen) atoms. The summed E-state index contributed by atoms with van der Waals surface area (Å²) in [5.74, 6) is 0. The number of rotatable bonds is 2. The summed E-state index contributed by atoms with van der Waals surface area (Å²) in [6, 6.07) is 5.40. The average Bonchev–Trinajstić information content (AvgIpc) is 2.29. The molecular weight excluding hydrogens is 271 g/mol. The van der Waals surface area contributed by atoms with Gasteiger partial charge in [0.05, 0.1) is 4.90 Å². The Hall–Kier alpha value is -0.930. The summed E-state index contributed by atoms with van der Waals surface area (Å²) >= 11 is 0. The van der Waals surface area contributed by atoms with Gasteiger partial charge in [-0.2, -0.15) is 13.5 Å². The molecule has 2 N–H and O–H groups in total. The third-order valence-corrected chi connectivity index (χ3v) is 2.98. The molecule has 1 amide bonds. The Labute approximate surface area is 125 Å². The number of cyclic esters (lactones) is 1. The molecule has 0 radical (unpaired) electrons. The molecule has 1 aromatic carbocycles. The predicted octanol–water partition coefficient (Wildman–Crippen LogP) is -0.271. The van der Waals surface area contributed by atoms with E-state index in [-0.39, 0.29) is 41.1 Å². The van der Waals surface area contributed by atoms with Gasteiger partial charge in [0.2, 0.25) is 0 Å². The second kappa shape index (κ2) is 5.81. The zero-order valence-corrected chi connectivity index (χ0v) is 9.27. The van der Waals surface area contributed by atoms with Crippen molar-refractivity contribution in [2.75, 3.05) is 6.61 Å². The fourth-order valence-corrected chi connectivity index (χ4v) is 1.76. The van der Waals surface area contributed by atoms with E-state index in [1.54, 1.807) is 0 Å². The Morgan fingerprint density at radius 2 is 1.89 bits per heavy atom. The third kappa shape index (κ3) is 3.53. The van der Waals surface area contributed by atoms with Gasteiger partial charge in [-0.25, -0.2) is 10.2 Å². The van der Waals surface area contributed by atoms with Gasteiger partial charge in [0, 0.05) is 5.56 Å². The molecule has 92 valence electrons. The van der Waals surface area contributed by atoms with Gasteiger partial charge in [0.15, 0.2) is 0 Å². The van der Waals surface area contributed by atoms with Gasteiger partial charge < -0.3 is 4.74 Å². The number of hydrazone groups is 1. The van der Waals surface area contributed by atoms with Crippen LogP contribution in [0, 0.1) is 0 Å². The van der Waals surface area contributed by atoms with Crippen LogP contribution < -0.4 is 5.43 Å². The quantitative estimate of drug-likeness (QED) is 0.573. The summed E-state index contributed by atoms with van der Waals surface area (Å²) in [5, 5.41) is 3.75. The normalized spacial score (nSPS) is 14.9. The first kappa shape index (κ1) is 15.1. The minimum atomic E-state index is -4.20. The maximum absolute atomic E-state index is 10.8. The Morgan fingerprint density at radius 3 is 2.33 bits per heavy atom. The summed E-state index contributed by atoms with van der Waals surface area (Å²) < 4.78 is 35.1. The van der Waals surface area contributed by atoms with Crippen LogP contribution in [0.2, 0.25) is 0 Å². The van der Waals surface area contributed by atoms with Crippen LogP contribution in [0.15, 0.2) is 34.3 Å². The molecule has 0 unspecified atom stereocenters. The van der Waals surface area contributed by atoms with Crippen LogP contribution in [0.1, 0.15) is 5.56 Å². The van der Waals surface area contributed by atoms with Crippen molar-refractivity contribution in [3.05, 3.63) is 29.8 Å². The Balaban J connectivity index is 0.00000162. The van der Waals surface area contributed by atoms with Gasteiger partial charge in [0.25, 0.3) is 10.1 Å². The van der Waals surface area contributed by atoms with Crippen molar-refractivity contribution in [3.63, 3.8) is 0 Å². The number of amides is 1. The van der Waals surface area contributed by atoms with E-state index in [1.807, 2.05) is 0 Å². The first-order valence-corrected chi connectivity index (χ1v) is 5.98. The molecule has 0 saturated carbocycles. The van der Waals surface area contributed by atoms with Crippen LogP contribution in [-0.2, 0) is 14.9 Å². The fraction of sp³-hybridized carbons (Fsp3) is 0.111. The van der Waals surface area contributed by atoms with E-state index < -0.39 is 16.2 Å². The SMILES string of the molecule is O=C1NN=C(c2ccc(S(=O)(=O)O)cc2)CO1.[NaH]. The van der Waals surface area contributed by atoms with E-state index in [4.69, 9.17) is 9.29 Å². The molecule has 0 atom stereocenters. The van der Waals surface area contributed by atoms with Gasteiger partial charge >= 0.3 is 35.7 Å². The molecule has 0 saturated heterocycles. The number of hydrogen-bond donors (Lipinski definition) is 2. The van der Waals surface area contributed by atoms with Crippen molar-refractivity contribution < 1.29 is 22.5 Å². The van der Waals surface area contributed by atoms with E-state index >= 15 is 0 Å². The monoisotopic (exact) mass is 280 g/mol. The topological polar surface area (TPSA) is 105 Å². The van der Waals surface area contributed by atoms with Crippen LogP contribution in [0.25, 0.3) is 0 Å². The molecule has 0 fully saturated rings. The van der Waals surface area contributed by atoms with E-state index in [0.29, 0.717) is 11.3 Å². The Morgan fingerprint density at radius 1 is 1.28 bits per heavy atom. The molecule has 2 rings (SSSR count). The number of nitrogens with one attached hydrogen (secondary N) is 1. The zero-order chi connectivity index (χ0) is 12.5. The Bertz CT molecular complexity index is 581. The minimum absolute atomic E-state index is 0. The molecule has 7 nitrogen and oxygen atoms in total. The van der Waals surface area contributed by atoms with Crippen molar-refractivity contribution in [1.29, 1.82) is 0 Å². The van der Waals surface area contributed by atoms with E-state index in [0.717, 1.165) is 0 Å². The second-order valence-corrected chi connectivity index (χ2v) is 4.67.